The summed E-state index contributed by atoms with van der Waals surface area (Å²) in [5.41, 5.74) is 0.808. The molecule has 0 saturated carbocycles. The lowest BCUT2D eigenvalue weighted by Gasteiger charge is -2.21. The SMILES string of the molecule is CCNC(CC1CCOC1)c1ccc(F)c(F)c1. The van der Waals surface area contributed by atoms with Crippen LogP contribution in [0.5, 0.6) is 0 Å². The fraction of sp³-hybridized carbons (Fsp3) is 0.571. The van der Waals surface area contributed by atoms with Crippen LogP contribution >= 0.6 is 0 Å². The van der Waals surface area contributed by atoms with Crippen LogP contribution in [-0.4, -0.2) is 19.8 Å². The van der Waals surface area contributed by atoms with E-state index in [-0.39, 0.29) is 6.04 Å². The molecule has 0 aliphatic carbocycles. The Morgan fingerprint density at radius 2 is 2.22 bits per heavy atom. The molecule has 4 heteroatoms. The van der Waals surface area contributed by atoms with Crippen LogP contribution in [0.15, 0.2) is 18.2 Å². The van der Waals surface area contributed by atoms with Gasteiger partial charge in [0.1, 0.15) is 0 Å². The van der Waals surface area contributed by atoms with Gasteiger partial charge in [0.05, 0.1) is 0 Å². The highest BCUT2D eigenvalue weighted by molar-refractivity contribution is 5.21. The molecule has 2 nitrogen and oxygen atoms in total. The summed E-state index contributed by atoms with van der Waals surface area (Å²) in [5.74, 6) is -1.07. The van der Waals surface area contributed by atoms with Gasteiger partial charge in [0.25, 0.3) is 0 Å². The van der Waals surface area contributed by atoms with Crippen LogP contribution in [0.1, 0.15) is 31.4 Å². The third-order valence-electron chi connectivity index (χ3n) is 3.39. The number of halogens is 2. The Morgan fingerprint density at radius 1 is 1.39 bits per heavy atom. The van der Waals surface area contributed by atoms with Gasteiger partial charge in [0.15, 0.2) is 11.6 Å². The first kappa shape index (κ1) is 13.4. The van der Waals surface area contributed by atoms with Crippen molar-refractivity contribution in [1.29, 1.82) is 0 Å². The molecule has 1 aliphatic rings. The first-order valence-corrected chi connectivity index (χ1v) is 6.46. The van der Waals surface area contributed by atoms with Crippen LogP contribution < -0.4 is 5.32 Å². The van der Waals surface area contributed by atoms with Crippen LogP contribution in [0, 0.1) is 17.6 Å². The monoisotopic (exact) mass is 255 g/mol. The van der Waals surface area contributed by atoms with Crippen molar-refractivity contribution in [1.82, 2.24) is 5.32 Å². The van der Waals surface area contributed by atoms with E-state index < -0.39 is 11.6 Å². The van der Waals surface area contributed by atoms with E-state index in [9.17, 15) is 8.78 Å². The van der Waals surface area contributed by atoms with E-state index in [1.807, 2.05) is 6.92 Å². The molecule has 0 bridgehead atoms. The Labute approximate surface area is 106 Å². The van der Waals surface area contributed by atoms with Crippen molar-refractivity contribution in [3.63, 3.8) is 0 Å². The highest BCUT2D eigenvalue weighted by Gasteiger charge is 2.22. The molecule has 2 rings (SSSR count). The smallest absolute Gasteiger partial charge is 0.159 e. The van der Waals surface area contributed by atoms with Crippen LogP contribution in [0.3, 0.4) is 0 Å². The Morgan fingerprint density at radius 3 is 2.83 bits per heavy atom. The van der Waals surface area contributed by atoms with E-state index >= 15 is 0 Å². The number of hydrogen-bond acceptors (Lipinski definition) is 2. The Balaban J connectivity index is 2.09. The Hall–Kier alpha value is -1.00. The molecule has 1 aromatic rings. The van der Waals surface area contributed by atoms with Gasteiger partial charge >= 0.3 is 0 Å². The Bertz CT molecular complexity index is 391. The number of nitrogens with one attached hydrogen (secondary N) is 1. The predicted octanol–water partition coefficient (Wildman–Crippen LogP) is 3.04. The molecule has 1 saturated heterocycles. The molecule has 0 amide bonds. The minimum Gasteiger partial charge on any atom is -0.381 e. The average Bonchev–Trinajstić information content (AvgIpc) is 2.85. The predicted molar refractivity (Wildman–Crippen MR) is 66.3 cm³/mol. The van der Waals surface area contributed by atoms with Gasteiger partial charge in [-0.3, -0.25) is 0 Å². The molecule has 1 aromatic carbocycles. The molecular formula is C14H19F2NO. The van der Waals surface area contributed by atoms with Gasteiger partial charge in [-0.1, -0.05) is 13.0 Å². The highest BCUT2D eigenvalue weighted by atomic mass is 19.2. The first-order valence-electron chi connectivity index (χ1n) is 6.46. The van der Waals surface area contributed by atoms with Gasteiger partial charge in [-0.15, -0.1) is 0 Å². The lowest BCUT2D eigenvalue weighted by atomic mass is 9.94. The zero-order valence-electron chi connectivity index (χ0n) is 10.6. The minimum atomic E-state index is -0.793. The molecular weight excluding hydrogens is 236 g/mol. The molecule has 1 aliphatic heterocycles. The second-order valence-electron chi connectivity index (χ2n) is 4.75. The van der Waals surface area contributed by atoms with Crippen molar-refractivity contribution in [2.75, 3.05) is 19.8 Å². The molecule has 0 radical (unpaired) electrons. The summed E-state index contributed by atoms with van der Waals surface area (Å²) in [5, 5.41) is 3.33. The molecule has 1 heterocycles. The summed E-state index contributed by atoms with van der Waals surface area (Å²) in [4.78, 5) is 0. The second-order valence-corrected chi connectivity index (χ2v) is 4.75. The Kier molecular flexibility index (Phi) is 4.66. The van der Waals surface area contributed by atoms with E-state index in [0.29, 0.717) is 5.92 Å². The van der Waals surface area contributed by atoms with Gasteiger partial charge in [-0.2, -0.15) is 0 Å². The zero-order valence-corrected chi connectivity index (χ0v) is 10.6. The van der Waals surface area contributed by atoms with Crippen LogP contribution in [-0.2, 0) is 4.74 Å². The van der Waals surface area contributed by atoms with Gasteiger partial charge in [0.2, 0.25) is 0 Å². The average molecular weight is 255 g/mol. The normalized spacial score (nSPS) is 21.2. The summed E-state index contributed by atoms with van der Waals surface area (Å²) in [7, 11) is 0. The fourth-order valence-electron chi connectivity index (χ4n) is 2.42. The minimum absolute atomic E-state index is 0.0665. The third-order valence-corrected chi connectivity index (χ3v) is 3.39. The maximum Gasteiger partial charge on any atom is 0.159 e. The topological polar surface area (TPSA) is 21.3 Å². The second kappa shape index (κ2) is 6.25. The maximum absolute atomic E-state index is 13.3. The standard InChI is InChI=1S/C14H19F2NO/c1-2-17-14(7-10-5-6-18-9-10)11-3-4-12(15)13(16)8-11/h3-4,8,10,14,17H,2,5-7,9H2,1H3. The highest BCUT2D eigenvalue weighted by Crippen LogP contribution is 2.27. The number of benzene rings is 1. The van der Waals surface area contributed by atoms with E-state index in [1.165, 1.54) is 12.1 Å². The number of rotatable bonds is 5. The van der Waals surface area contributed by atoms with Crippen molar-refractivity contribution in [2.24, 2.45) is 5.92 Å². The summed E-state index contributed by atoms with van der Waals surface area (Å²) in [6.45, 7) is 4.39. The van der Waals surface area contributed by atoms with E-state index in [0.717, 1.165) is 38.2 Å². The summed E-state index contributed by atoms with van der Waals surface area (Å²) in [6.07, 6.45) is 1.95. The van der Waals surface area contributed by atoms with Crippen LogP contribution in [0.2, 0.25) is 0 Å². The quantitative estimate of drug-likeness (QED) is 0.873. The van der Waals surface area contributed by atoms with E-state index in [2.05, 4.69) is 5.32 Å². The van der Waals surface area contributed by atoms with E-state index in [4.69, 9.17) is 4.74 Å². The van der Waals surface area contributed by atoms with E-state index in [1.54, 1.807) is 6.07 Å². The lowest BCUT2D eigenvalue weighted by Crippen LogP contribution is -2.24. The molecule has 2 unspecified atom stereocenters. The molecule has 100 valence electrons. The molecule has 1 N–H and O–H groups in total. The number of ether oxygens (including phenoxy) is 1. The summed E-state index contributed by atoms with van der Waals surface area (Å²) in [6, 6.07) is 4.21. The molecule has 0 aromatic heterocycles. The van der Waals surface area contributed by atoms with Crippen molar-refractivity contribution < 1.29 is 13.5 Å². The molecule has 18 heavy (non-hydrogen) atoms. The van der Waals surface area contributed by atoms with Gasteiger partial charge < -0.3 is 10.1 Å². The molecule has 0 spiro atoms. The van der Waals surface area contributed by atoms with Crippen molar-refractivity contribution in [3.05, 3.63) is 35.4 Å². The first-order chi connectivity index (χ1) is 8.70. The van der Waals surface area contributed by atoms with Crippen LogP contribution in [0.25, 0.3) is 0 Å². The summed E-state index contributed by atoms with van der Waals surface area (Å²) >= 11 is 0. The largest absolute Gasteiger partial charge is 0.381 e. The van der Waals surface area contributed by atoms with Crippen molar-refractivity contribution >= 4 is 0 Å². The van der Waals surface area contributed by atoms with Crippen molar-refractivity contribution in [2.45, 2.75) is 25.8 Å². The van der Waals surface area contributed by atoms with Crippen LogP contribution in [0.4, 0.5) is 8.78 Å². The third kappa shape index (κ3) is 3.27. The van der Waals surface area contributed by atoms with Crippen molar-refractivity contribution in [3.8, 4) is 0 Å². The van der Waals surface area contributed by atoms with Gasteiger partial charge in [0, 0.05) is 19.3 Å². The van der Waals surface area contributed by atoms with Gasteiger partial charge in [-0.05, 0) is 43.0 Å². The fourth-order valence-corrected chi connectivity index (χ4v) is 2.42. The maximum atomic E-state index is 13.3. The molecule has 2 atom stereocenters. The summed E-state index contributed by atoms with van der Waals surface area (Å²) < 4.78 is 31.6. The number of hydrogen-bond donors (Lipinski definition) is 1. The molecule has 1 fully saturated rings. The zero-order chi connectivity index (χ0) is 13.0. The lowest BCUT2D eigenvalue weighted by molar-refractivity contribution is 0.181. The van der Waals surface area contributed by atoms with Gasteiger partial charge in [-0.25, -0.2) is 8.78 Å².